The Morgan fingerprint density at radius 1 is 1.05 bits per heavy atom. The molecule has 0 saturated carbocycles. The van der Waals surface area contributed by atoms with E-state index in [1.807, 2.05) is 44.4 Å². The van der Waals surface area contributed by atoms with Crippen molar-refractivity contribution in [3.8, 4) is 5.75 Å². The maximum absolute atomic E-state index is 12.8. The number of nitrogens with one attached hydrogen (secondary N) is 1. The lowest BCUT2D eigenvalue weighted by molar-refractivity contribution is -0.113. The van der Waals surface area contributed by atoms with Crippen LogP contribution in [0.25, 0.3) is 0 Å². The summed E-state index contributed by atoms with van der Waals surface area (Å²) in [4.78, 5) is 36.8. The predicted molar refractivity (Wildman–Crippen MR) is 144 cm³/mol. The van der Waals surface area contributed by atoms with Crippen molar-refractivity contribution in [1.82, 2.24) is 14.8 Å². The van der Waals surface area contributed by atoms with Crippen LogP contribution in [0.2, 0.25) is 5.02 Å². The molecule has 1 atom stereocenters. The molecule has 1 N–H and O–H groups in total. The van der Waals surface area contributed by atoms with Gasteiger partial charge in [-0.05, 0) is 69.2 Å². The maximum Gasteiger partial charge on any atom is 0.339 e. The van der Waals surface area contributed by atoms with Crippen molar-refractivity contribution in [2.75, 3.05) is 25.3 Å². The Hall–Kier alpha value is -3.57. The standard InChI is InChI=1S/C26H29ClN4O6S/c1-7-31-23(16(4)37-18-10-14(2)22(27)15(3)11-18)29-30-26(31)38-13-21(32)28-20-12-17(24(33)35-5)8-9-19(20)25(34)36-6/h8-12,16H,7,13H2,1-6H3,(H,28,32). The van der Waals surface area contributed by atoms with Crippen molar-refractivity contribution in [3.63, 3.8) is 0 Å². The number of halogens is 1. The summed E-state index contributed by atoms with van der Waals surface area (Å²) in [5.41, 5.74) is 2.26. The minimum absolute atomic E-state index is 0.0218. The van der Waals surface area contributed by atoms with Crippen LogP contribution in [0.3, 0.4) is 0 Å². The average molecular weight is 561 g/mol. The van der Waals surface area contributed by atoms with Gasteiger partial charge >= 0.3 is 11.9 Å². The quantitative estimate of drug-likeness (QED) is 0.269. The van der Waals surface area contributed by atoms with Gasteiger partial charge in [0.1, 0.15) is 5.75 Å². The number of anilines is 1. The van der Waals surface area contributed by atoms with E-state index in [2.05, 4.69) is 15.5 Å². The Labute approximate surface area is 230 Å². The maximum atomic E-state index is 12.8. The minimum Gasteiger partial charge on any atom is -0.483 e. The van der Waals surface area contributed by atoms with Gasteiger partial charge in [-0.25, -0.2) is 9.59 Å². The molecule has 2 aromatic carbocycles. The number of aryl methyl sites for hydroxylation is 2. The zero-order valence-corrected chi connectivity index (χ0v) is 23.5. The molecule has 12 heteroatoms. The number of ether oxygens (including phenoxy) is 3. The van der Waals surface area contributed by atoms with Crippen LogP contribution in [0.1, 0.15) is 57.6 Å². The lowest BCUT2D eigenvalue weighted by atomic mass is 10.1. The number of hydrogen-bond acceptors (Lipinski definition) is 9. The number of rotatable bonds is 10. The summed E-state index contributed by atoms with van der Waals surface area (Å²) in [5.74, 6) is -0.404. The molecule has 0 saturated heterocycles. The average Bonchev–Trinajstić information content (AvgIpc) is 3.32. The first-order valence-corrected chi connectivity index (χ1v) is 13.1. The second-order valence-electron chi connectivity index (χ2n) is 8.30. The van der Waals surface area contributed by atoms with E-state index in [0.717, 1.165) is 11.1 Å². The van der Waals surface area contributed by atoms with Crippen molar-refractivity contribution < 1.29 is 28.6 Å². The molecule has 0 bridgehead atoms. The zero-order valence-electron chi connectivity index (χ0n) is 22.0. The number of esters is 2. The SMILES string of the molecule is CCn1c(SCC(=O)Nc2cc(C(=O)OC)ccc2C(=O)OC)nnc1C(C)Oc1cc(C)c(Cl)c(C)c1. The summed E-state index contributed by atoms with van der Waals surface area (Å²) in [6, 6.07) is 7.93. The van der Waals surface area contributed by atoms with E-state index in [4.69, 9.17) is 25.8 Å². The molecule has 0 radical (unpaired) electrons. The molecule has 202 valence electrons. The van der Waals surface area contributed by atoms with Crippen LogP contribution in [0.4, 0.5) is 5.69 Å². The molecule has 0 aliphatic heterocycles. The van der Waals surface area contributed by atoms with Crippen molar-refractivity contribution >= 4 is 46.9 Å². The Kier molecular flexibility index (Phi) is 9.76. The fraction of sp³-hybridized carbons (Fsp3) is 0.346. The lowest BCUT2D eigenvalue weighted by Gasteiger charge is -2.17. The largest absolute Gasteiger partial charge is 0.483 e. The summed E-state index contributed by atoms with van der Waals surface area (Å²) >= 11 is 7.45. The Bertz CT molecular complexity index is 1340. The van der Waals surface area contributed by atoms with Crippen molar-refractivity contribution in [3.05, 3.63) is 63.4 Å². The molecular weight excluding hydrogens is 532 g/mol. The fourth-order valence-electron chi connectivity index (χ4n) is 3.73. The summed E-state index contributed by atoms with van der Waals surface area (Å²) in [5, 5.41) is 12.4. The molecule has 3 rings (SSSR count). The first-order chi connectivity index (χ1) is 18.1. The summed E-state index contributed by atoms with van der Waals surface area (Å²) < 4.78 is 17.5. The van der Waals surface area contributed by atoms with Crippen LogP contribution in [-0.4, -0.2) is 52.6 Å². The van der Waals surface area contributed by atoms with E-state index < -0.39 is 23.9 Å². The van der Waals surface area contributed by atoms with Gasteiger partial charge in [-0.1, -0.05) is 23.4 Å². The molecule has 0 fully saturated rings. The van der Waals surface area contributed by atoms with Crippen LogP contribution < -0.4 is 10.1 Å². The Morgan fingerprint density at radius 3 is 2.32 bits per heavy atom. The van der Waals surface area contributed by atoms with Gasteiger partial charge in [0, 0.05) is 11.6 Å². The fourth-order valence-corrected chi connectivity index (χ4v) is 4.65. The van der Waals surface area contributed by atoms with Gasteiger partial charge in [0.25, 0.3) is 0 Å². The number of nitrogens with zero attached hydrogens (tertiary/aromatic N) is 3. The van der Waals surface area contributed by atoms with Crippen LogP contribution in [0, 0.1) is 13.8 Å². The lowest BCUT2D eigenvalue weighted by Crippen LogP contribution is -2.18. The highest BCUT2D eigenvalue weighted by molar-refractivity contribution is 7.99. The third kappa shape index (κ3) is 6.65. The number of carbonyl (C=O) groups is 3. The van der Waals surface area contributed by atoms with Crippen LogP contribution in [0.5, 0.6) is 5.75 Å². The summed E-state index contributed by atoms with van der Waals surface area (Å²) in [6.07, 6.45) is -0.408. The zero-order chi connectivity index (χ0) is 28.0. The van der Waals surface area contributed by atoms with Crippen LogP contribution in [-0.2, 0) is 20.8 Å². The molecule has 1 heterocycles. The number of methoxy groups -OCH3 is 2. The van der Waals surface area contributed by atoms with E-state index in [1.165, 1.54) is 44.2 Å². The molecular formula is C26H29ClN4O6S. The number of amides is 1. The van der Waals surface area contributed by atoms with E-state index in [1.54, 1.807) is 0 Å². The highest BCUT2D eigenvalue weighted by atomic mass is 35.5. The third-order valence-corrected chi connectivity index (χ3v) is 7.16. The van der Waals surface area contributed by atoms with Gasteiger partial charge in [0.05, 0.1) is 36.8 Å². The number of thioether (sulfide) groups is 1. The van der Waals surface area contributed by atoms with E-state index in [-0.39, 0.29) is 22.6 Å². The predicted octanol–water partition coefficient (Wildman–Crippen LogP) is 5.01. The van der Waals surface area contributed by atoms with E-state index in [0.29, 0.717) is 28.3 Å². The Balaban J connectivity index is 1.73. The van der Waals surface area contributed by atoms with Crippen LogP contribution in [0.15, 0.2) is 35.5 Å². The topological polar surface area (TPSA) is 122 Å². The second kappa shape index (κ2) is 12.8. The van der Waals surface area contributed by atoms with Gasteiger partial charge in [-0.3, -0.25) is 4.79 Å². The highest BCUT2D eigenvalue weighted by Gasteiger charge is 2.21. The van der Waals surface area contributed by atoms with Gasteiger partial charge in [-0.2, -0.15) is 0 Å². The van der Waals surface area contributed by atoms with Gasteiger partial charge in [0.15, 0.2) is 17.1 Å². The first-order valence-electron chi connectivity index (χ1n) is 11.7. The van der Waals surface area contributed by atoms with Crippen molar-refractivity contribution in [1.29, 1.82) is 0 Å². The molecule has 38 heavy (non-hydrogen) atoms. The first kappa shape index (κ1) is 29.0. The molecule has 1 aromatic heterocycles. The van der Waals surface area contributed by atoms with Crippen molar-refractivity contribution in [2.45, 2.75) is 45.5 Å². The molecule has 1 amide bonds. The molecule has 0 aliphatic carbocycles. The van der Waals surface area contributed by atoms with Gasteiger partial charge in [-0.15, -0.1) is 10.2 Å². The van der Waals surface area contributed by atoms with E-state index in [9.17, 15) is 14.4 Å². The van der Waals surface area contributed by atoms with Crippen LogP contribution >= 0.6 is 23.4 Å². The number of benzene rings is 2. The Morgan fingerprint density at radius 2 is 1.71 bits per heavy atom. The third-order valence-electron chi connectivity index (χ3n) is 5.60. The second-order valence-corrected chi connectivity index (χ2v) is 9.62. The molecule has 1 unspecified atom stereocenters. The number of carbonyl (C=O) groups excluding carboxylic acids is 3. The number of aromatic nitrogens is 3. The molecule has 3 aromatic rings. The summed E-state index contributed by atoms with van der Waals surface area (Å²) in [7, 11) is 2.47. The normalized spacial score (nSPS) is 11.6. The number of hydrogen-bond donors (Lipinski definition) is 1. The highest BCUT2D eigenvalue weighted by Crippen LogP contribution is 2.30. The van der Waals surface area contributed by atoms with Crippen molar-refractivity contribution in [2.24, 2.45) is 0 Å². The minimum atomic E-state index is -0.653. The smallest absolute Gasteiger partial charge is 0.339 e. The molecule has 10 nitrogen and oxygen atoms in total. The van der Waals surface area contributed by atoms with Gasteiger partial charge < -0.3 is 24.1 Å². The monoisotopic (exact) mass is 560 g/mol. The van der Waals surface area contributed by atoms with E-state index >= 15 is 0 Å². The molecule has 0 aliphatic rings. The summed E-state index contributed by atoms with van der Waals surface area (Å²) in [6.45, 7) is 8.22. The molecule has 0 spiro atoms. The van der Waals surface area contributed by atoms with Gasteiger partial charge in [0.2, 0.25) is 5.91 Å².